The molecule has 13 heteroatoms. The summed E-state index contributed by atoms with van der Waals surface area (Å²) in [5.41, 5.74) is 0.236. The molecule has 78 heavy (non-hydrogen) atoms. The number of rotatable bonds is 55. The lowest BCUT2D eigenvalue weighted by atomic mass is 9.80. The van der Waals surface area contributed by atoms with Gasteiger partial charge in [0.1, 0.15) is 18.1 Å². The van der Waals surface area contributed by atoms with E-state index in [-0.39, 0.29) is 49.9 Å². The van der Waals surface area contributed by atoms with Gasteiger partial charge < -0.3 is 47.5 Å². The molecule has 0 aromatic heterocycles. The van der Waals surface area contributed by atoms with Crippen LogP contribution in [0.15, 0.2) is 18.2 Å². The highest BCUT2D eigenvalue weighted by atomic mass is 16.7. The summed E-state index contributed by atoms with van der Waals surface area (Å²) in [7, 11) is 2.08. The van der Waals surface area contributed by atoms with Crippen molar-refractivity contribution >= 4 is 17.9 Å². The van der Waals surface area contributed by atoms with Gasteiger partial charge in [-0.2, -0.15) is 0 Å². The van der Waals surface area contributed by atoms with Crippen LogP contribution in [0.3, 0.4) is 0 Å². The number of hydrogen-bond donors (Lipinski definition) is 0. The first kappa shape index (κ1) is 71.1. The molecule has 1 saturated heterocycles. The third-order valence-electron chi connectivity index (χ3n) is 15.0. The van der Waals surface area contributed by atoms with E-state index in [1.54, 1.807) is 0 Å². The highest BCUT2D eigenvalue weighted by Crippen LogP contribution is 2.33. The zero-order valence-corrected chi connectivity index (χ0v) is 51.0. The standard InChI is InChI=1S/C65H117NO12/c1-7-11-15-19-23-29-51-74-62(75-52-30-24-20-16-12-8-2)41-39-60(67)72-49-35-27-33-47-70-58-37-38-59(57(55-58)56-78-64(69)65(5)43-45-66(6)46-44-65)71-48-34-28-36-50-73-61(68)40-42-63(76-53-31-25-21-17-13-9-3)77-54-32-26-22-18-14-10-4/h37-38,55,62-63H,7-36,39-54,56H2,1-6H3. The van der Waals surface area contributed by atoms with Gasteiger partial charge in [-0.1, -0.05) is 156 Å². The first-order valence-corrected chi connectivity index (χ1v) is 32.2. The molecule has 0 spiro atoms. The Morgan fingerprint density at radius 3 is 1.24 bits per heavy atom. The molecule has 2 rings (SSSR count). The first-order valence-electron chi connectivity index (χ1n) is 32.2. The SMILES string of the molecule is CCCCCCCCOC(CCC(=O)OCCCCCOc1ccc(OCCCCCOC(=O)CCC(OCCCCCCCC)OCCCCCCCC)c(COC(=O)C2(C)CCN(C)CC2)c1)OCCCCCCCC. The number of ether oxygens (including phenoxy) is 9. The Labute approximate surface area is 476 Å². The molecule has 1 aromatic rings. The van der Waals surface area contributed by atoms with Crippen LogP contribution in [0.2, 0.25) is 0 Å². The predicted octanol–water partition coefficient (Wildman–Crippen LogP) is 16.4. The van der Waals surface area contributed by atoms with Crippen LogP contribution in [0.1, 0.15) is 271 Å². The number of piperidine rings is 1. The molecule has 0 radical (unpaired) electrons. The molecular formula is C65H117NO12. The maximum Gasteiger partial charge on any atom is 0.312 e. The molecule has 1 aromatic carbocycles. The van der Waals surface area contributed by atoms with Crippen molar-refractivity contribution in [2.45, 2.75) is 285 Å². The van der Waals surface area contributed by atoms with Crippen LogP contribution in [0, 0.1) is 5.41 Å². The smallest absolute Gasteiger partial charge is 0.312 e. The zero-order valence-electron chi connectivity index (χ0n) is 51.0. The van der Waals surface area contributed by atoms with Gasteiger partial charge in [-0.05, 0) is 122 Å². The number of likely N-dealkylation sites (tertiary alicyclic amines) is 1. The van der Waals surface area contributed by atoms with Crippen LogP contribution < -0.4 is 9.47 Å². The fraction of sp³-hybridized carbons (Fsp3) is 0.862. The first-order chi connectivity index (χ1) is 38.1. The Kier molecular flexibility index (Phi) is 45.4. The molecule has 0 atom stereocenters. The Morgan fingerprint density at radius 1 is 0.462 bits per heavy atom. The summed E-state index contributed by atoms with van der Waals surface area (Å²) >= 11 is 0. The number of benzene rings is 1. The van der Waals surface area contributed by atoms with Crippen molar-refractivity contribution < 1.29 is 57.0 Å². The van der Waals surface area contributed by atoms with E-state index in [9.17, 15) is 14.4 Å². The lowest BCUT2D eigenvalue weighted by Gasteiger charge is -2.35. The fourth-order valence-electron chi connectivity index (χ4n) is 9.47. The molecular weight excluding hydrogens is 987 g/mol. The van der Waals surface area contributed by atoms with Gasteiger partial charge in [-0.15, -0.1) is 0 Å². The largest absolute Gasteiger partial charge is 0.494 e. The summed E-state index contributed by atoms with van der Waals surface area (Å²) in [5.74, 6) is 0.715. The van der Waals surface area contributed by atoms with Gasteiger partial charge in [0.25, 0.3) is 0 Å². The van der Waals surface area contributed by atoms with E-state index in [4.69, 9.17) is 42.6 Å². The number of carbonyl (C=O) groups is 3. The van der Waals surface area contributed by atoms with Crippen molar-refractivity contribution in [3.05, 3.63) is 23.8 Å². The number of hydrogen-bond acceptors (Lipinski definition) is 13. The van der Waals surface area contributed by atoms with Gasteiger partial charge in [0.2, 0.25) is 0 Å². The minimum Gasteiger partial charge on any atom is -0.494 e. The van der Waals surface area contributed by atoms with Crippen LogP contribution in [0.5, 0.6) is 11.5 Å². The summed E-state index contributed by atoms with van der Waals surface area (Å²) < 4.78 is 54.1. The molecule has 454 valence electrons. The summed E-state index contributed by atoms with van der Waals surface area (Å²) in [6.07, 6.45) is 35.9. The van der Waals surface area contributed by atoms with Gasteiger partial charge in [-0.25, -0.2) is 0 Å². The normalized spacial score (nSPS) is 13.6. The Bertz CT molecular complexity index is 1530. The van der Waals surface area contributed by atoms with E-state index in [1.165, 1.54) is 103 Å². The quantitative estimate of drug-likeness (QED) is 0.0265. The van der Waals surface area contributed by atoms with Crippen molar-refractivity contribution in [2.24, 2.45) is 5.41 Å². The van der Waals surface area contributed by atoms with Gasteiger partial charge in [0.05, 0.1) is 44.7 Å². The Morgan fingerprint density at radius 2 is 0.821 bits per heavy atom. The van der Waals surface area contributed by atoms with Crippen LogP contribution >= 0.6 is 0 Å². The van der Waals surface area contributed by atoms with E-state index < -0.39 is 5.41 Å². The highest BCUT2D eigenvalue weighted by molar-refractivity contribution is 5.76. The average Bonchev–Trinajstić information content (AvgIpc) is 3.44. The van der Waals surface area contributed by atoms with Crippen molar-refractivity contribution in [3.8, 4) is 11.5 Å². The average molecular weight is 1100 g/mol. The second kappa shape index (κ2) is 49.8. The van der Waals surface area contributed by atoms with Crippen LogP contribution in [0.25, 0.3) is 0 Å². The van der Waals surface area contributed by atoms with Gasteiger partial charge in [0.15, 0.2) is 12.6 Å². The number of unbranched alkanes of at least 4 members (excludes halogenated alkanes) is 24. The third-order valence-corrected chi connectivity index (χ3v) is 15.0. The fourth-order valence-corrected chi connectivity index (χ4v) is 9.47. The van der Waals surface area contributed by atoms with Crippen molar-refractivity contribution in [1.82, 2.24) is 4.90 Å². The third kappa shape index (κ3) is 38.6. The lowest BCUT2D eigenvalue weighted by Crippen LogP contribution is -2.41. The van der Waals surface area contributed by atoms with Crippen molar-refractivity contribution in [1.29, 1.82) is 0 Å². The summed E-state index contributed by atoms with van der Waals surface area (Å²) in [5, 5.41) is 0. The van der Waals surface area contributed by atoms with Crippen LogP contribution in [-0.2, 0) is 54.1 Å². The van der Waals surface area contributed by atoms with Crippen molar-refractivity contribution in [3.63, 3.8) is 0 Å². The second-order valence-corrected chi connectivity index (χ2v) is 22.5. The molecule has 0 N–H and O–H groups in total. The molecule has 13 nitrogen and oxygen atoms in total. The summed E-state index contributed by atoms with van der Waals surface area (Å²) in [6, 6.07) is 5.70. The Hall–Kier alpha value is -2.97. The molecule has 1 heterocycles. The van der Waals surface area contributed by atoms with Crippen LogP contribution in [0.4, 0.5) is 0 Å². The molecule has 1 aliphatic rings. The minimum atomic E-state index is -0.520. The number of nitrogens with zero attached hydrogens (tertiary/aromatic N) is 1. The Balaban J connectivity index is 1.79. The zero-order chi connectivity index (χ0) is 56.4. The van der Waals surface area contributed by atoms with Gasteiger partial charge in [0, 0.05) is 44.8 Å². The number of carbonyl (C=O) groups excluding carboxylic acids is 3. The predicted molar refractivity (Wildman–Crippen MR) is 315 cm³/mol. The van der Waals surface area contributed by atoms with Crippen molar-refractivity contribution in [2.75, 3.05) is 73.0 Å². The second-order valence-electron chi connectivity index (χ2n) is 22.5. The van der Waals surface area contributed by atoms with E-state index in [2.05, 4.69) is 39.6 Å². The number of esters is 3. The van der Waals surface area contributed by atoms with Crippen LogP contribution in [-0.4, -0.2) is 108 Å². The highest BCUT2D eigenvalue weighted by Gasteiger charge is 2.37. The molecule has 0 unspecified atom stereocenters. The lowest BCUT2D eigenvalue weighted by molar-refractivity contribution is -0.159. The molecule has 0 amide bonds. The van der Waals surface area contributed by atoms with E-state index in [1.807, 2.05) is 25.1 Å². The van der Waals surface area contributed by atoms with Gasteiger partial charge in [-0.3, -0.25) is 14.4 Å². The summed E-state index contributed by atoms with van der Waals surface area (Å²) in [6.45, 7) is 17.1. The topological polar surface area (TPSA) is 138 Å². The molecule has 1 aliphatic heterocycles. The monoisotopic (exact) mass is 1100 g/mol. The summed E-state index contributed by atoms with van der Waals surface area (Å²) in [4.78, 5) is 41.1. The van der Waals surface area contributed by atoms with E-state index in [0.717, 1.165) is 121 Å². The maximum absolute atomic E-state index is 13.4. The minimum absolute atomic E-state index is 0.0877. The maximum atomic E-state index is 13.4. The molecule has 1 fully saturated rings. The van der Waals surface area contributed by atoms with Gasteiger partial charge >= 0.3 is 17.9 Å². The van der Waals surface area contributed by atoms with E-state index >= 15 is 0 Å². The molecule has 0 bridgehead atoms. The molecule has 0 saturated carbocycles. The molecule has 0 aliphatic carbocycles. The van der Waals surface area contributed by atoms with E-state index in [0.29, 0.717) is 77.2 Å².